The number of carbonyl (C=O) groups excluding carboxylic acids is 1. The molecule has 6 nitrogen and oxygen atoms in total. The van der Waals surface area contributed by atoms with Gasteiger partial charge in [0.15, 0.2) is 11.5 Å². The van der Waals surface area contributed by atoms with Crippen molar-refractivity contribution in [3.05, 3.63) is 23.8 Å². The lowest BCUT2D eigenvalue weighted by molar-refractivity contribution is -0.276. The molecule has 0 fully saturated rings. The summed E-state index contributed by atoms with van der Waals surface area (Å²) in [5.74, 6) is 0.374. The number of rotatable bonds is 7. The highest BCUT2D eigenvalue weighted by molar-refractivity contribution is 5.89. The number of benzene rings is 1. The molecule has 1 aromatic rings. The average Bonchev–Trinajstić information content (AvgIpc) is 2.44. The zero-order valence-corrected chi connectivity index (χ0v) is 11.5. The zero-order chi connectivity index (χ0) is 14.3. The van der Waals surface area contributed by atoms with Gasteiger partial charge < -0.3 is 14.2 Å². The van der Waals surface area contributed by atoms with Crippen LogP contribution in [0.15, 0.2) is 18.2 Å². The van der Waals surface area contributed by atoms with Gasteiger partial charge in [-0.1, -0.05) is 0 Å². The summed E-state index contributed by atoms with van der Waals surface area (Å²) < 4.78 is 15.0. The zero-order valence-electron chi connectivity index (χ0n) is 11.5. The van der Waals surface area contributed by atoms with E-state index in [1.54, 1.807) is 19.1 Å². The van der Waals surface area contributed by atoms with E-state index in [4.69, 9.17) is 24.0 Å². The Morgan fingerprint density at radius 1 is 1.16 bits per heavy atom. The second-order valence-electron chi connectivity index (χ2n) is 3.80. The van der Waals surface area contributed by atoms with Crippen LogP contribution in [0, 0.1) is 0 Å². The molecule has 0 heterocycles. The van der Waals surface area contributed by atoms with Crippen molar-refractivity contribution in [2.45, 2.75) is 13.0 Å². The van der Waals surface area contributed by atoms with Crippen LogP contribution in [-0.4, -0.2) is 40.0 Å². The molecule has 0 aliphatic heterocycles. The number of hydrogen-bond donors (Lipinski definition) is 0. The van der Waals surface area contributed by atoms with Gasteiger partial charge in [-0.2, -0.15) is 4.89 Å². The van der Waals surface area contributed by atoms with Gasteiger partial charge in [0.05, 0.1) is 26.4 Å². The predicted octanol–water partition coefficient (Wildman–Crippen LogP) is 1.83. The van der Waals surface area contributed by atoms with E-state index in [0.717, 1.165) is 0 Å². The maximum absolute atomic E-state index is 11.7. The molecule has 0 bridgehead atoms. The summed E-state index contributed by atoms with van der Waals surface area (Å²) >= 11 is 0. The van der Waals surface area contributed by atoms with Crippen molar-refractivity contribution < 1.29 is 28.8 Å². The largest absolute Gasteiger partial charge is 0.493 e. The summed E-state index contributed by atoms with van der Waals surface area (Å²) in [4.78, 5) is 21.3. The molecule has 19 heavy (non-hydrogen) atoms. The quantitative estimate of drug-likeness (QED) is 0.556. The SMILES string of the molecule is COCC(C)OOC(=O)c1ccc(OC)c(OC)c1. The van der Waals surface area contributed by atoms with Crippen molar-refractivity contribution in [3.63, 3.8) is 0 Å². The summed E-state index contributed by atoms with van der Waals surface area (Å²) in [7, 11) is 4.55. The van der Waals surface area contributed by atoms with Crippen LogP contribution in [0.4, 0.5) is 0 Å². The molecule has 106 valence electrons. The van der Waals surface area contributed by atoms with Crippen molar-refractivity contribution in [1.82, 2.24) is 0 Å². The lowest BCUT2D eigenvalue weighted by Gasteiger charge is -2.11. The summed E-state index contributed by atoms with van der Waals surface area (Å²) in [6.07, 6.45) is -0.339. The van der Waals surface area contributed by atoms with E-state index in [1.807, 2.05) is 0 Å². The topological polar surface area (TPSA) is 63.2 Å². The molecule has 0 radical (unpaired) electrons. The monoisotopic (exact) mass is 270 g/mol. The number of ether oxygens (including phenoxy) is 3. The van der Waals surface area contributed by atoms with Crippen LogP contribution < -0.4 is 9.47 Å². The van der Waals surface area contributed by atoms with Crippen molar-refractivity contribution in [2.75, 3.05) is 27.9 Å². The van der Waals surface area contributed by atoms with E-state index < -0.39 is 5.97 Å². The van der Waals surface area contributed by atoms with Crippen LogP contribution in [0.5, 0.6) is 11.5 Å². The Morgan fingerprint density at radius 3 is 2.42 bits per heavy atom. The summed E-state index contributed by atoms with van der Waals surface area (Å²) in [6, 6.07) is 4.70. The first kappa shape index (κ1) is 15.3. The van der Waals surface area contributed by atoms with Crippen LogP contribution in [0.3, 0.4) is 0 Å². The highest BCUT2D eigenvalue weighted by atomic mass is 17.2. The molecule has 0 aliphatic rings. The van der Waals surface area contributed by atoms with Crippen molar-refractivity contribution >= 4 is 5.97 Å². The summed E-state index contributed by atoms with van der Waals surface area (Å²) in [5.41, 5.74) is 0.308. The second-order valence-corrected chi connectivity index (χ2v) is 3.80. The smallest absolute Gasteiger partial charge is 0.373 e. The Kier molecular flexibility index (Phi) is 6.11. The van der Waals surface area contributed by atoms with Gasteiger partial charge in [-0.05, 0) is 25.1 Å². The first-order valence-electron chi connectivity index (χ1n) is 5.71. The van der Waals surface area contributed by atoms with Crippen LogP contribution >= 0.6 is 0 Å². The third-order valence-electron chi connectivity index (χ3n) is 2.31. The van der Waals surface area contributed by atoms with Gasteiger partial charge in [0.1, 0.15) is 6.10 Å². The van der Waals surface area contributed by atoms with E-state index in [-0.39, 0.29) is 6.10 Å². The van der Waals surface area contributed by atoms with Crippen LogP contribution in [-0.2, 0) is 14.5 Å². The Morgan fingerprint density at radius 2 is 1.84 bits per heavy atom. The average molecular weight is 270 g/mol. The normalized spacial score (nSPS) is 11.8. The fourth-order valence-electron chi connectivity index (χ4n) is 1.40. The molecule has 0 aliphatic carbocycles. The van der Waals surface area contributed by atoms with E-state index in [0.29, 0.717) is 23.7 Å². The fourth-order valence-corrected chi connectivity index (χ4v) is 1.40. The molecule has 0 saturated heterocycles. The van der Waals surface area contributed by atoms with Gasteiger partial charge in [-0.25, -0.2) is 4.79 Å². The maximum atomic E-state index is 11.7. The number of methoxy groups -OCH3 is 3. The van der Waals surface area contributed by atoms with Gasteiger partial charge in [0.2, 0.25) is 0 Å². The van der Waals surface area contributed by atoms with Crippen LogP contribution in [0.2, 0.25) is 0 Å². The Labute approximate surface area is 112 Å². The third-order valence-corrected chi connectivity index (χ3v) is 2.31. The van der Waals surface area contributed by atoms with Crippen molar-refractivity contribution in [3.8, 4) is 11.5 Å². The molecule has 0 saturated carbocycles. The molecule has 1 aromatic carbocycles. The molecular formula is C13H18O6. The molecule has 1 atom stereocenters. The highest BCUT2D eigenvalue weighted by Crippen LogP contribution is 2.27. The number of carbonyl (C=O) groups is 1. The van der Waals surface area contributed by atoms with Gasteiger partial charge in [-0.15, -0.1) is 0 Å². The molecule has 0 aromatic heterocycles. The minimum atomic E-state index is -0.607. The molecule has 6 heteroatoms. The van der Waals surface area contributed by atoms with Crippen LogP contribution in [0.1, 0.15) is 17.3 Å². The molecular weight excluding hydrogens is 252 g/mol. The summed E-state index contributed by atoms with van der Waals surface area (Å²) in [6.45, 7) is 2.06. The van der Waals surface area contributed by atoms with Crippen molar-refractivity contribution in [1.29, 1.82) is 0 Å². The maximum Gasteiger partial charge on any atom is 0.373 e. The van der Waals surface area contributed by atoms with Gasteiger partial charge in [-0.3, -0.25) is 4.89 Å². The van der Waals surface area contributed by atoms with Gasteiger partial charge in [0, 0.05) is 7.11 Å². The van der Waals surface area contributed by atoms with Crippen LogP contribution in [0.25, 0.3) is 0 Å². The lowest BCUT2D eigenvalue weighted by atomic mass is 10.2. The Balaban J connectivity index is 2.67. The van der Waals surface area contributed by atoms with Gasteiger partial charge in [0.25, 0.3) is 0 Å². The first-order valence-corrected chi connectivity index (χ1v) is 5.71. The molecule has 1 rings (SSSR count). The molecule has 0 spiro atoms. The molecule has 1 unspecified atom stereocenters. The van der Waals surface area contributed by atoms with E-state index in [1.165, 1.54) is 27.4 Å². The minimum Gasteiger partial charge on any atom is -0.493 e. The highest BCUT2D eigenvalue weighted by Gasteiger charge is 2.14. The Hall–Kier alpha value is -1.79. The minimum absolute atomic E-state index is 0.308. The van der Waals surface area contributed by atoms with Crippen molar-refractivity contribution in [2.24, 2.45) is 0 Å². The molecule has 0 amide bonds. The van der Waals surface area contributed by atoms with E-state index in [2.05, 4.69) is 0 Å². The third kappa shape index (κ3) is 4.42. The number of hydrogen-bond acceptors (Lipinski definition) is 6. The van der Waals surface area contributed by atoms with Gasteiger partial charge >= 0.3 is 5.97 Å². The van der Waals surface area contributed by atoms with E-state index in [9.17, 15) is 4.79 Å². The summed E-state index contributed by atoms with van der Waals surface area (Å²) in [5, 5.41) is 0. The predicted molar refractivity (Wildman–Crippen MR) is 67.4 cm³/mol. The standard InChI is InChI=1S/C13H18O6/c1-9(8-15-2)18-19-13(14)10-5-6-11(16-3)12(7-10)17-4/h5-7,9H,8H2,1-4H3. The molecule has 0 N–H and O–H groups in total. The fraction of sp³-hybridized carbons (Fsp3) is 0.462. The first-order chi connectivity index (χ1) is 9.12. The lowest BCUT2D eigenvalue weighted by Crippen LogP contribution is -2.18. The second kappa shape index (κ2) is 7.60. The Bertz CT molecular complexity index is 418. The van der Waals surface area contributed by atoms with E-state index >= 15 is 0 Å².